The maximum Gasteiger partial charge on any atom is 0.0504 e. The second-order valence-electron chi connectivity index (χ2n) is 4.39. The number of benzene rings is 2. The molecule has 0 aliphatic rings. The molecule has 0 atom stereocenters. The molecule has 90 valence electrons. The molecule has 0 fully saturated rings. The van der Waals surface area contributed by atoms with Crippen molar-refractivity contribution in [3.8, 4) is 0 Å². The van der Waals surface area contributed by atoms with E-state index in [0.29, 0.717) is 0 Å². The van der Waals surface area contributed by atoms with Crippen LogP contribution >= 0.6 is 15.9 Å². The summed E-state index contributed by atoms with van der Waals surface area (Å²) in [4.78, 5) is 0. The molecule has 1 aromatic heterocycles. The molecule has 0 saturated heterocycles. The molecular formula is C15H13BrN2. The minimum atomic E-state index is 0.802. The number of nitrogen functional groups attached to an aromatic ring is 1. The van der Waals surface area contributed by atoms with E-state index >= 15 is 0 Å². The van der Waals surface area contributed by atoms with Gasteiger partial charge < -0.3 is 10.3 Å². The number of anilines is 1. The summed E-state index contributed by atoms with van der Waals surface area (Å²) in [6, 6.07) is 16.5. The van der Waals surface area contributed by atoms with E-state index in [1.54, 1.807) is 0 Å². The van der Waals surface area contributed by atoms with Crippen LogP contribution in [0.25, 0.3) is 10.9 Å². The quantitative estimate of drug-likeness (QED) is 0.712. The molecule has 18 heavy (non-hydrogen) atoms. The third kappa shape index (κ3) is 2.14. The number of hydrogen-bond acceptors (Lipinski definition) is 1. The molecule has 2 nitrogen and oxygen atoms in total. The average Bonchev–Trinajstić information content (AvgIpc) is 2.72. The molecule has 3 aromatic rings. The number of rotatable bonds is 2. The van der Waals surface area contributed by atoms with Crippen molar-refractivity contribution >= 4 is 32.5 Å². The van der Waals surface area contributed by atoms with Crippen molar-refractivity contribution in [2.45, 2.75) is 6.54 Å². The summed E-state index contributed by atoms with van der Waals surface area (Å²) in [5, 5.41) is 1.22. The molecule has 0 radical (unpaired) electrons. The minimum Gasteiger partial charge on any atom is -0.399 e. The van der Waals surface area contributed by atoms with Crippen molar-refractivity contribution in [1.29, 1.82) is 0 Å². The van der Waals surface area contributed by atoms with Crippen molar-refractivity contribution in [3.05, 3.63) is 64.8 Å². The number of nitrogens with zero attached hydrogens (tertiary/aromatic N) is 1. The van der Waals surface area contributed by atoms with Gasteiger partial charge in [-0.3, -0.25) is 0 Å². The van der Waals surface area contributed by atoms with Crippen LogP contribution in [0.3, 0.4) is 0 Å². The van der Waals surface area contributed by atoms with Gasteiger partial charge in [0, 0.05) is 22.9 Å². The highest BCUT2D eigenvalue weighted by Gasteiger charge is 2.02. The van der Waals surface area contributed by atoms with Crippen LogP contribution in [-0.4, -0.2) is 4.57 Å². The molecular weight excluding hydrogens is 288 g/mol. The summed E-state index contributed by atoms with van der Waals surface area (Å²) in [6.45, 7) is 0.854. The van der Waals surface area contributed by atoms with Gasteiger partial charge in [-0.05, 0) is 41.3 Å². The molecule has 0 spiro atoms. The molecule has 2 N–H and O–H groups in total. The Morgan fingerprint density at radius 1 is 1.06 bits per heavy atom. The molecule has 1 heterocycles. The Hall–Kier alpha value is -1.74. The lowest BCUT2D eigenvalue weighted by Crippen LogP contribution is -1.98. The fourth-order valence-corrected chi connectivity index (χ4v) is 2.62. The van der Waals surface area contributed by atoms with E-state index in [4.69, 9.17) is 5.73 Å². The third-order valence-electron chi connectivity index (χ3n) is 3.04. The Morgan fingerprint density at radius 2 is 1.94 bits per heavy atom. The summed E-state index contributed by atoms with van der Waals surface area (Å²) >= 11 is 3.50. The van der Waals surface area contributed by atoms with Crippen molar-refractivity contribution < 1.29 is 0 Å². The molecule has 0 saturated carbocycles. The van der Waals surface area contributed by atoms with Gasteiger partial charge in [0.2, 0.25) is 0 Å². The van der Waals surface area contributed by atoms with Crippen LogP contribution in [-0.2, 0) is 6.54 Å². The summed E-state index contributed by atoms with van der Waals surface area (Å²) in [5.41, 5.74) is 9.09. The Bertz CT molecular complexity index is 701. The number of hydrogen-bond donors (Lipinski definition) is 1. The lowest BCUT2D eigenvalue weighted by Gasteiger charge is -2.06. The summed E-state index contributed by atoms with van der Waals surface area (Å²) in [5.74, 6) is 0. The summed E-state index contributed by atoms with van der Waals surface area (Å²) < 4.78 is 3.32. The van der Waals surface area contributed by atoms with Crippen LogP contribution in [0, 0.1) is 0 Å². The molecule has 2 aromatic carbocycles. The zero-order valence-corrected chi connectivity index (χ0v) is 11.4. The Labute approximate surface area is 114 Å². The van der Waals surface area contributed by atoms with E-state index < -0.39 is 0 Å². The van der Waals surface area contributed by atoms with Crippen LogP contribution in [0.15, 0.2) is 59.2 Å². The Balaban J connectivity index is 2.02. The highest BCUT2D eigenvalue weighted by molar-refractivity contribution is 9.10. The van der Waals surface area contributed by atoms with E-state index in [-0.39, 0.29) is 0 Å². The number of halogens is 1. The highest BCUT2D eigenvalue weighted by atomic mass is 79.9. The highest BCUT2D eigenvalue weighted by Crippen LogP contribution is 2.21. The second-order valence-corrected chi connectivity index (χ2v) is 5.31. The lowest BCUT2D eigenvalue weighted by atomic mass is 10.2. The molecule has 3 rings (SSSR count). The zero-order valence-electron chi connectivity index (χ0n) is 9.81. The molecule has 0 aliphatic heterocycles. The van der Waals surface area contributed by atoms with Crippen LogP contribution in [0.1, 0.15) is 5.56 Å². The molecule has 0 unspecified atom stereocenters. The van der Waals surface area contributed by atoms with Gasteiger partial charge in [-0.2, -0.15) is 0 Å². The topological polar surface area (TPSA) is 30.9 Å². The van der Waals surface area contributed by atoms with E-state index in [0.717, 1.165) is 16.7 Å². The Kier molecular flexibility index (Phi) is 2.84. The van der Waals surface area contributed by atoms with E-state index in [1.807, 2.05) is 18.2 Å². The van der Waals surface area contributed by atoms with E-state index in [1.165, 1.54) is 16.5 Å². The van der Waals surface area contributed by atoms with Gasteiger partial charge in [-0.15, -0.1) is 0 Å². The second kappa shape index (κ2) is 4.50. The maximum atomic E-state index is 5.85. The zero-order chi connectivity index (χ0) is 12.5. The first-order valence-electron chi connectivity index (χ1n) is 5.81. The van der Waals surface area contributed by atoms with E-state index in [2.05, 4.69) is 57.0 Å². The summed E-state index contributed by atoms with van der Waals surface area (Å²) in [6.07, 6.45) is 2.10. The predicted octanol–water partition coefficient (Wildman–Crippen LogP) is 4.03. The summed E-state index contributed by atoms with van der Waals surface area (Å²) in [7, 11) is 0. The molecule has 3 heteroatoms. The average molecular weight is 301 g/mol. The SMILES string of the molecule is Nc1ccc2ccn(Cc3cccc(Br)c3)c2c1. The first kappa shape index (κ1) is 11.4. The van der Waals surface area contributed by atoms with Crippen molar-refractivity contribution in [2.24, 2.45) is 0 Å². The van der Waals surface area contributed by atoms with Gasteiger partial charge in [-0.1, -0.05) is 34.1 Å². The van der Waals surface area contributed by atoms with E-state index in [9.17, 15) is 0 Å². The lowest BCUT2D eigenvalue weighted by molar-refractivity contribution is 0.836. The van der Waals surface area contributed by atoms with Crippen LogP contribution < -0.4 is 5.73 Å². The molecule has 0 bridgehead atoms. The third-order valence-corrected chi connectivity index (χ3v) is 3.53. The fourth-order valence-electron chi connectivity index (χ4n) is 2.17. The van der Waals surface area contributed by atoms with Crippen LogP contribution in [0.2, 0.25) is 0 Å². The van der Waals surface area contributed by atoms with Gasteiger partial charge in [0.25, 0.3) is 0 Å². The van der Waals surface area contributed by atoms with Gasteiger partial charge in [0.1, 0.15) is 0 Å². The first-order valence-corrected chi connectivity index (χ1v) is 6.60. The van der Waals surface area contributed by atoms with Gasteiger partial charge in [-0.25, -0.2) is 0 Å². The number of nitrogens with two attached hydrogens (primary N) is 1. The smallest absolute Gasteiger partial charge is 0.0504 e. The Morgan fingerprint density at radius 3 is 2.78 bits per heavy atom. The van der Waals surface area contributed by atoms with Gasteiger partial charge in [0.05, 0.1) is 5.52 Å². The van der Waals surface area contributed by atoms with Crippen molar-refractivity contribution in [3.63, 3.8) is 0 Å². The number of fused-ring (bicyclic) bond motifs is 1. The fraction of sp³-hybridized carbons (Fsp3) is 0.0667. The molecule has 0 amide bonds. The standard InChI is InChI=1S/C15H13BrN2/c16-13-3-1-2-11(8-13)10-18-7-6-12-4-5-14(17)9-15(12)18/h1-9H,10,17H2. The minimum absolute atomic E-state index is 0.802. The largest absolute Gasteiger partial charge is 0.399 e. The number of aromatic nitrogens is 1. The maximum absolute atomic E-state index is 5.85. The van der Waals surface area contributed by atoms with Crippen molar-refractivity contribution in [2.75, 3.05) is 5.73 Å². The van der Waals surface area contributed by atoms with Gasteiger partial charge >= 0.3 is 0 Å². The predicted molar refractivity (Wildman–Crippen MR) is 79.6 cm³/mol. The van der Waals surface area contributed by atoms with Crippen molar-refractivity contribution in [1.82, 2.24) is 4.57 Å². The van der Waals surface area contributed by atoms with Crippen LogP contribution in [0.4, 0.5) is 5.69 Å². The monoisotopic (exact) mass is 300 g/mol. The first-order chi connectivity index (χ1) is 8.72. The molecule has 0 aliphatic carbocycles. The van der Waals surface area contributed by atoms with Gasteiger partial charge in [0.15, 0.2) is 0 Å². The normalized spacial score (nSPS) is 10.9. The van der Waals surface area contributed by atoms with Crippen LogP contribution in [0.5, 0.6) is 0 Å².